The zero-order valence-corrected chi connectivity index (χ0v) is 24.3. The highest BCUT2D eigenvalue weighted by Gasteiger charge is 2.31. The van der Waals surface area contributed by atoms with E-state index in [1.54, 1.807) is 0 Å². The number of nitrogens with zero attached hydrogens (tertiary/aromatic N) is 2. The monoisotopic (exact) mass is 548 g/mol. The van der Waals surface area contributed by atoms with Gasteiger partial charge in [-0.1, -0.05) is 6.92 Å². The molecule has 2 aliphatic heterocycles. The van der Waals surface area contributed by atoms with Crippen molar-refractivity contribution in [2.75, 3.05) is 62.9 Å². The fourth-order valence-electron chi connectivity index (χ4n) is 5.35. The van der Waals surface area contributed by atoms with Crippen molar-refractivity contribution in [3.05, 3.63) is 42.0 Å². The van der Waals surface area contributed by atoms with Gasteiger partial charge in [0.1, 0.15) is 18.1 Å². The third-order valence-electron chi connectivity index (χ3n) is 7.69. The van der Waals surface area contributed by atoms with Gasteiger partial charge in [0.15, 0.2) is 0 Å². The van der Waals surface area contributed by atoms with Crippen LogP contribution in [0.4, 0.5) is 17.1 Å². The van der Waals surface area contributed by atoms with Crippen molar-refractivity contribution >= 4 is 23.0 Å². The quantitative estimate of drug-likeness (QED) is 0.298. The van der Waals surface area contributed by atoms with Crippen molar-refractivity contribution < 1.29 is 14.3 Å². The number of nitriles is 1. The first kappa shape index (κ1) is 29.5. The van der Waals surface area contributed by atoms with Crippen LogP contribution in [0.5, 0.6) is 11.5 Å². The van der Waals surface area contributed by atoms with Crippen LogP contribution < -0.4 is 30.7 Å². The molecule has 1 saturated heterocycles. The van der Waals surface area contributed by atoms with Crippen molar-refractivity contribution in [2.24, 2.45) is 11.8 Å². The Kier molecular flexibility index (Phi) is 10.5. The number of anilines is 3. The minimum atomic E-state index is -0.302. The van der Waals surface area contributed by atoms with Crippen LogP contribution in [0.3, 0.4) is 0 Å². The van der Waals surface area contributed by atoms with Crippen LogP contribution in [0.2, 0.25) is 0 Å². The van der Waals surface area contributed by atoms with Gasteiger partial charge in [0.05, 0.1) is 30.3 Å². The molecule has 2 heterocycles. The number of hydrogen-bond acceptors (Lipinski definition) is 8. The topological polar surface area (TPSA) is 111 Å². The molecule has 2 aromatic rings. The van der Waals surface area contributed by atoms with Crippen LogP contribution in [0, 0.1) is 23.2 Å². The molecule has 4 atom stereocenters. The highest BCUT2D eigenvalue weighted by atomic mass is 16.5. The smallest absolute Gasteiger partial charge is 0.224 e. The summed E-state index contributed by atoms with van der Waals surface area (Å²) >= 11 is 0. The summed E-state index contributed by atoms with van der Waals surface area (Å²) in [5.41, 5.74) is 3.34. The summed E-state index contributed by atoms with van der Waals surface area (Å²) in [6, 6.07) is 14.3. The maximum absolute atomic E-state index is 12.7. The minimum absolute atomic E-state index is 0.0544. The van der Waals surface area contributed by atoms with Crippen molar-refractivity contribution in [2.45, 2.75) is 51.6 Å². The Morgan fingerprint density at radius 2 is 2.00 bits per heavy atom. The number of piperidine rings is 1. The maximum atomic E-state index is 12.7. The molecule has 0 aliphatic carbocycles. The molecular formula is C31H44N6O3. The summed E-state index contributed by atoms with van der Waals surface area (Å²) in [6.07, 6.45) is 3.65. The lowest BCUT2D eigenvalue weighted by molar-refractivity contribution is -0.116. The second kappa shape index (κ2) is 14.2. The van der Waals surface area contributed by atoms with Crippen molar-refractivity contribution in [3.8, 4) is 17.6 Å². The van der Waals surface area contributed by atoms with E-state index in [1.165, 1.54) is 12.8 Å². The average Bonchev–Trinajstić information content (AvgIpc) is 2.94. The molecule has 0 aromatic heterocycles. The molecule has 2 aromatic carbocycles. The summed E-state index contributed by atoms with van der Waals surface area (Å²) in [5, 5.41) is 23.5. The molecule has 4 rings (SSSR count). The Hall–Kier alpha value is -3.48. The van der Waals surface area contributed by atoms with Gasteiger partial charge in [-0.25, -0.2) is 0 Å². The van der Waals surface area contributed by atoms with Crippen LogP contribution in [-0.2, 0) is 4.79 Å². The Labute approximate surface area is 238 Å². The van der Waals surface area contributed by atoms with Gasteiger partial charge in [-0.05, 0) is 89.6 Å². The number of nitrogens with one attached hydrogen (secondary N) is 4. The average molecular weight is 549 g/mol. The predicted molar refractivity (Wildman–Crippen MR) is 160 cm³/mol. The van der Waals surface area contributed by atoms with Gasteiger partial charge in [0, 0.05) is 42.0 Å². The molecule has 4 N–H and O–H groups in total. The van der Waals surface area contributed by atoms with Crippen LogP contribution in [0.25, 0.3) is 0 Å². The second-order valence-electron chi connectivity index (χ2n) is 11.1. The number of ether oxygens (including phenoxy) is 2. The van der Waals surface area contributed by atoms with E-state index in [4.69, 9.17) is 9.47 Å². The van der Waals surface area contributed by atoms with Gasteiger partial charge in [-0.2, -0.15) is 5.26 Å². The lowest BCUT2D eigenvalue weighted by Gasteiger charge is -2.33. The standard InChI is InChI=1S/C31H44N6O3/c1-5-39-29-17-26-25(16-27(29)36-30(38)9-7-15-37(3)4)31(22(18-32)19-34-26)35-23-10-12-24(13-11-23)40-20-28-21(2)8-6-14-33-28/h10-13,16-17,21-22,28,31,33-35H,5-9,14-15,19-20H2,1-4H3,(H,36,38). The van der Waals surface area contributed by atoms with Gasteiger partial charge >= 0.3 is 0 Å². The first-order chi connectivity index (χ1) is 19.4. The van der Waals surface area contributed by atoms with Crippen molar-refractivity contribution in [1.29, 1.82) is 5.26 Å². The summed E-state index contributed by atoms with van der Waals surface area (Å²) in [6.45, 7) is 7.73. The number of benzene rings is 2. The van der Waals surface area contributed by atoms with Crippen molar-refractivity contribution in [1.82, 2.24) is 10.2 Å². The second-order valence-corrected chi connectivity index (χ2v) is 11.1. The third-order valence-corrected chi connectivity index (χ3v) is 7.69. The minimum Gasteiger partial charge on any atom is -0.492 e. The molecule has 1 fully saturated rings. The zero-order valence-electron chi connectivity index (χ0n) is 24.3. The lowest BCUT2D eigenvalue weighted by Crippen LogP contribution is -2.44. The van der Waals surface area contributed by atoms with E-state index in [0.717, 1.165) is 42.2 Å². The molecule has 9 nitrogen and oxygen atoms in total. The molecule has 0 saturated carbocycles. The number of rotatable bonds is 12. The molecule has 216 valence electrons. The Morgan fingerprint density at radius 3 is 2.70 bits per heavy atom. The molecule has 9 heteroatoms. The van der Waals surface area contributed by atoms with Gasteiger partial charge in [0.25, 0.3) is 0 Å². The highest BCUT2D eigenvalue weighted by Crippen LogP contribution is 2.41. The maximum Gasteiger partial charge on any atom is 0.224 e. The third kappa shape index (κ3) is 7.80. The Balaban J connectivity index is 1.49. The summed E-state index contributed by atoms with van der Waals surface area (Å²) in [7, 11) is 3.99. The normalized spacial score (nSPS) is 22.0. The number of fused-ring (bicyclic) bond motifs is 1. The first-order valence-electron chi connectivity index (χ1n) is 14.5. The molecule has 0 radical (unpaired) electrons. The number of carbonyl (C=O) groups is 1. The van der Waals surface area contributed by atoms with Gasteiger partial charge in [0.2, 0.25) is 5.91 Å². The lowest BCUT2D eigenvalue weighted by atomic mass is 9.88. The first-order valence-corrected chi connectivity index (χ1v) is 14.5. The molecular weight excluding hydrogens is 504 g/mol. The molecule has 0 bridgehead atoms. The Morgan fingerprint density at radius 1 is 1.20 bits per heavy atom. The molecule has 2 aliphatic rings. The summed E-state index contributed by atoms with van der Waals surface area (Å²) in [5.74, 6) is 1.69. The van der Waals surface area contributed by atoms with E-state index >= 15 is 0 Å². The Bertz CT molecular complexity index is 1160. The zero-order chi connectivity index (χ0) is 28.5. The number of carbonyl (C=O) groups excluding carboxylic acids is 1. The fourth-order valence-corrected chi connectivity index (χ4v) is 5.35. The van der Waals surface area contributed by atoms with Crippen LogP contribution in [0.15, 0.2) is 36.4 Å². The van der Waals surface area contributed by atoms with Crippen LogP contribution >= 0.6 is 0 Å². The molecule has 0 spiro atoms. The van der Waals surface area contributed by atoms with Gasteiger partial charge in [-0.15, -0.1) is 0 Å². The van der Waals surface area contributed by atoms with Gasteiger partial charge in [-0.3, -0.25) is 4.79 Å². The molecule has 1 amide bonds. The summed E-state index contributed by atoms with van der Waals surface area (Å²) in [4.78, 5) is 14.8. The van der Waals surface area contributed by atoms with Crippen LogP contribution in [-0.4, -0.2) is 63.8 Å². The van der Waals surface area contributed by atoms with E-state index in [0.29, 0.717) is 49.6 Å². The van der Waals surface area contributed by atoms with E-state index < -0.39 is 0 Å². The highest BCUT2D eigenvalue weighted by molar-refractivity contribution is 5.93. The predicted octanol–water partition coefficient (Wildman–Crippen LogP) is 4.85. The van der Waals surface area contributed by atoms with Gasteiger partial charge < -0.3 is 35.6 Å². The van der Waals surface area contributed by atoms with E-state index in [2.05, 4.69) is 39.2 Å². The summed E-state index contributed by atoms with van der Waals surface area (Å²) < 4.78 is 12.0. The SMILES string of the molecule is CCOc1cc2c(cc1NC(=O)CCCN(C)C)C(Nc1ccc(OCC3NCCCC3C)cc1)C(C#N)CN2. The van der Waals surface area contributed by atoms with Crippen LogP contribution in [0.1, 0.15) is 51.1 Å². The number of hydrogen-bond donors (Lipinski definition) is 4. The molecule has 40 heavy (non-hydrogen) atoms. The van der Waals surface area contributed by atoms with E-state index in [1.807, 2.05) is 57.4 Å². The largest absolute Gasteiger partial charge is 0.492 e. The van der Waals surface area contributed by atoms with E-state index in [9.17, 15) is 10.1 Å². The number of amides is 1. The molecule has 4 unspecified atom stereocenters. The fraction of sp³-hybridized carbons (Fsp3) is 0.548. The van der Waals surface area contributed by atoms with E-state index in [-0.39, 0.29) is 17.9 Å². The van der Waals surface area contributed by atoms with Crippen molar-refractivity contribution in [3.63, 3.8) is 0 Å².